The van der Waals surface area contributed by atoms with Crippen molar-refractivity contribution >= 4 is 11.7 Å². The SMILES string of the molecule is CCNC(=O)c1ccc(NCC(F)(F)CN)nn1. The minimum atomic E-state index is -3.00. The molecule has 0 saturated heterocycles. The summed E-state index contributed by atoms with van der Waals surface area (Å²) in [6, 6.07) is 2.81. The molecule has 0 spiro atoms. The standard InChI is InChI=1S/C10H15F2N5O/c1-2-14-9(18)7-3-4-8(17-16-7)15-6-10(11,12)5-13/h3-4H,2,5-6,13H2,1H3,(H,14,18)(H,15,17). The fraction of sp³-hybridized carbons (Fsp3) is 0.500. The van der Waals surface area contributed by atoms with Gasteiger partial charge in [0.25, 0.3) is 11.8 Å². The second-order valence-electron chi connectivity index (χ2n) is 3.58. The van der Waals surface area contributed by atoms with Crippen LogP contribution in [0, 0.1) is 0 Å². The Bertz CT molecular complexity index is 396. The van der Waals surface area contributed by atoms with Crippen molar-refractivity contribution in [3.63, 3.8) is 0 Å². The van der Waals surface area contributed by atoms with Gasteiger partial charge in [0.2, 0.25) is 0 Å². The number of hydrogen-bond acceptors (Lipinski definition) is 5. The first-order valence-corrected chi connectivity index (χ1v) is 5.42. The van der Waals surface area contributed by atoms with Gasteiger partial charge in [0.15, 0.2) is 5.69 Å². The number of nitrogens with zero attached hydrogens (tertiary/aromatic N) is 2. The van der Waals surface area contributed by atoms with E-state index in [0.29, 0.717) is 6.54 Å². The maximum atomic E-state index is 12.8. The summed E-state index contributed by atoms with van der Waals surface area (Å²) in [5.74, 6) is -3.19. The Morgan fingerprint density at radius 2 is 2.17 bits per heavy atom. The number of carbonyl (C=O) groups is 1. The first kappa shape index (κ1) is 14.2. The Morgan fingerprint density at radius 1 is 1.44 bits per heavy atom. The third-order valence-corrected chi connectivity index (χ3v) is 2.06. The molecule has 0 fully saturated rings. The van der Waals surface area contributed by atoms with E-state index in [1.54, 1.807) is 6.92 Å². The molecule has 0 aliphatic heterocycles. The van der Waals surface area contributed by atoms with E-state index in [-0.39, 0.29) is 17.4 Å². The van der Waals surface area contributed by atoms with Gasteiger partial charge in [-0.15, -0.1) is 10.2 Å². The molecule has 0 bridgehead atoms. The molecule has 1 aromatic rings. The molecule has 0 aliphatic carbocycles. The molecule has 0 aromatic carbocycles. The number of rotatable bonds is 6. The number of alkyl halides is 2. The van der Waals surface area contributed by atoms with E-state index in [2.05, 4.69) is 20.8 Å². The molecule has 18 heavy (non-hydrogen) atoms. The monoisotopic (exact) mass is 259 g/mol. The van der Waals surface area contributed by atoms with Gasteiger partial charge in [0.05, 0.1) is 13.1 Å². The largest absolute Gasteiger partial charge is 0.362 e. The van der Waals surface area contributed by atoms with Gasteiger partial charge in [-0.1, -0.05) is 0 Å². The molecular formula is C10H15F2N5O. The summed E-state index contributed by atoms with van der Waals surface area (Å²) in [6.07, 6.45) is 0. The lowest BCUT2D eigenvalue weighted by Gasteiger charge is -2.14. The first-order chi connectivity index (χ1) is 8.48. The summed E-state index contributed by atoms with van der Waals surface area (Å²) in [6.45, 7) is 0.877. The molecule has 8 heteroatoms. The fourth-order valence-electron chi connectivity index (χ4n) is 1.09. The number of nitrogens with two attached hydrogens (primary N) is 1. The zero-order chi connectivity index (χ0) is 13.6. The number of nitrogens with one attached hydrogen (secondary N) is 2. The minimum absolute atomic E-state index is 0.132. The molecular weight excluding hydrogens is 244 g/mol. The van der Waals surface area contributed by atoms with Gasteiger partial charge in [-0.2, -0.15) is 0 Å². The summed E-state index contributed by atoms with van der Waals surface area (Å²) in [7, 11) is 0. The Balaban J connectivity index is 2.58. The highest BCUT2D eigenvalue weighted by Gasteiger charge is 2.26. The molecule has 1 aromatic heterocycles. The van der Waals surface area contributed by atoms with E-state index in [0.717, 1.165) is 0 Å². The van der Waals surface area contributed by atoms with Crippen molar-refractivity contribution in [3.8, 4) is 0 Å². The van der Waals surface area contributed by atoms with Crippen LogP contribution >= 0.6 is 0 Å². The Kier molecular flexibility index (Phi) is 4.90. The van der Waals surface area contributed by atoms with E-state index in [4.69, 9.17) is 5.73 Å². The normalized spacial score (nSPS) is 11.1. The highest BCUT2D eigenvalue weighted by Crippen LogP contribution is 2.12. The average molecular weight is 259 g/mol. The maximum absolute atomic E-state index is 12.8. The predicted octanol–water partition coefficient (Wildman–Crippen LogP) is 0.232. The van der Waals surface area contributed by atoms with Crippen molar-refractivity contribution in [3.05, 3.63) is 17.8 Å². The van der Waals surface area contributed by atoms with Crippen LogP contribution in [0.25, 0.3) is 0 Å². The number of aromatic nitrogens is 2. The smallest absolute Gasteiger partial charge is 0.276 e. The zero-order valence-corrected chi connectivity index (χ0v) is 9.91. The van der Waals surface area contributed by atoms with Crippen LogP contribution in [0.2, 0.25) is 0 Å². The highest BCUT2D eigenvalue weighted by molar-refractivity contribution is 5.92. The third-order valence-electron chi connectivity index (χ3n) is 2.06. The van der Waals surface area contributed by atoms with Gasteiger partial charge < -0.3 is 16.4 Å². The highest BCUT2D eigenvalue weighted by atomic mass is 19.3. The van der Waals surface area contributed by atoms with Crippen LogP contribution in [0.1, 0.15) is 17.4 Å². The fourth-order valence-corrected chi connectivity index (χ4v) is 1.09. The van der Waals surface area contributed by atoms with E-state index >= 15 is 0 Å². The van der Waals surface area contributed by atoms with Crippen molar-refractivity contribution in [2.24, 2.45) is 5.73 Å². The van der Waals surface area contributed by atoms with Gasteiger partial charge in [-0.05, 0) is 19.1 Å². The van der Waals surface area contributed by atoms with Crippen LogP contribution in [-0.4, -0.2) is 41.7 Å². The topological polar surface area (TPSA) is 92.9 Å². The van der Waals surface area contributed by atoms with Gasteiger partial charge in [-0.25, -0.2) is 8.78 Å². The Morgan fingerprint density at radius 3 is 2.67 bits per heavy atom. The summed E-state index contributed by atoms with van der Waals surface area (Å²) in [4.78, 5) is 11.3. The van der Waals surface area contributed by atoms with E-state index in [1.807, 2.05) is 0 Å². The van der Waals surface area contributed by atoms with Crippen LogP contribution < -0.4 is 16.4 Å². The molecule has 0 atom stereocenters. The van der Waals surface area contributed by atoms with E-state index in [1.165, 1.54) is 12.1 Å². The first-order valence-electron chi connectivity index (χ1n) is 5.42. The van der Waals surface area contributed by atoms with Gasteiger partial charge in [0.1, 0.15) is 5.82 Å². The van der Waals surface area contributed by atoms with E-state index in [9.17, 15) is 13.6 Å². The average Bonchev–Trinajstić information content (AvgIpc) is 2.37. The minimum Gasteiger partial charge on any atom is -0.362 e. The van der Waals surface area contributed by atoms with Crippen molar-refractivity contribution < 1.29 is 13.6 Å². The molecule has 0 aliphatic rings. The zero-order valence-electron chi connectivity index (χ0n) is 9.91. The molecule has 4 N–H and O–H groups in total. The summed E-state index contributed by atoms with van der Waals surface area (Å²) in [5, 5.41) is 12.2. The van der Waals surface area contributed by atoms with Crippen molar-refractivity contribution in [1.82, 2.24) is 15.5 Å². The molecule has 0 saturated carbocycles. The number of hydrogen-bond donors (Lipinski definition) is 3. The van der Waals surface area contributed by atoms with Gasteiger partial charge in [0, 0.05) is 6.54 Å². The predicted molar refractivity (Wildman–Crippen MR) is 62.5 cm³/mol. The molecule has 1 amide bonds. The van der Waals surface area contributed by atoms with Gasteiger partial charge in [-0.3, -0.25) is 4.79 Å². The molecule has 0 radical (unpaired) electrons. The molecule has 6 nitrogen and oxygen atoms in total. The number of carbonyl (C=O) groups excluding carboxylic acids is 1. The number of halogens is 2. The Labute approximate surface area is 103 Å². The van der Waals surface area contributed by atoms with Crippen LogP contribution in [0.4, 0.5) is 14.6 Å². The lowest BCUT2D eigenvalue weighted by atomic mass is 10.3. The van der Waals surface area contributed by atoms with Crippen LogP contribution in [0.5, 0.6) is 0 Å². The summed E-state index contributed by atoms with van der Waals surface area (Å²) >= 11 is 0. The van der Waals surface area contributed by atoms with Crippen LogP contribution in [0.15, 0.2) is 12.1 Å². The van der Waals surface area contributed by atoms with Gasteiger partial charge >= 0.3 is 0 Å². The molecule has 0 unspecified atom stereocenters. The molecule has 1 heterocycles. The van der Waals surface area contributed by atoms with Crippen LogP contribution in [0.3, 0.4) is 0 Å². The van der Waals surface area contributed by atoms with Crippen molar-refractivity contribution in [2.75, 3.05) is 25.0 Å². The second-order valence-corrected chi connectivity index (χ2v) is 3.58. The summed E-state index contributed by atoms with van der Waals surface area (Å²) < 4.78 is 25.7. The number of amides is 1. The lowest BCUT2D eigenvalue weighted by Crippen LogP contribution is -2.35. The second kappa shape index (κ2) is 6.20. The molecule has 1 rings (SSSR count). The van der Waals surface area contributed by atoms with Crippen LogP contribution in [-0.2, 0) is 0 Å². The maximum Gasteiger partial charge on any atom is 0.276 e. The third kappa shape index (κ3) is 4.21. The lowest BCUT2D eigenvalue weighted by molar-refractivity contribution is 0.0253. The number of anilines is 1. The van der Waals surface area contributed by atoms with Crippen molar-refractivity contribution in [1.29, 1.82) is 0 Å². The van der Waals surface area contributed by atoms with Crippen molar-refractivity contribution in [2.45, 2.75) is 12.8 Å². The Hall–Kier alpha value is -1.83. The van der Waals surface area contributed by atoms with E-state index < -0.39 is 19.0 Å². The quantitative estimate of drug-likeness (QED) is 0.680. The molecule has 100 valence electrons. The summed E-state index contributed by atoms with van der Waals surface area (Å²) in [5.41, 5.74) is 5.02.